The number of halogens is 2. The van der Waals surface area contributed by atoms with Crippen LogP contribution in [0.5, 0.6) is 0 Å². The zero-order chi connectivity index (χ0) is 11.4. The summed E-state index contributed by atoms with van der Waals surface area (Å²) in [4.78, 5) is 14.3. The molecule has 0 spiro atoms. The molecule has 0 radical (unpaired) electrons. The van der Waals surface area contributed by atoms with Gasteiger partial charge in [-0.15, -0.1) is 0 Å². The second kappa shape index (κ2) is 4.86. The lowest BCUT2D eigenvalue weighted by molar-refractivity contribution is 0.253. The first-order valence-electron chi connectivity index (χ1n) is 3.84. The van der Waals surface area contributed by atoms with Crippen molar-refractivity contribution in [3.63, 3.8) is 0 Å². The van der Waals surface area contributed by atoms with E-state index in [0.717, 1.165) is 0 Å². The van der Waals surface area contributed by atoms with Gasteiger partial charge in [-0.25, -0.2) is 9.79 Å². The molecular formula is C8H8Cl2N4O. The van der Waals surface area contributed by atoms with Gasteiger partial charge in [0.05, 0.1) is 10.7 Å². The maximum absolute atomic E-state index is 10.4. The largest absolute Gasteiger partial charge is 0.369 e. The van der Waals surface area contributed by atoms with Gasteiger partial charge in [0.2, 0.25) is 5.96 Å². The molecule has 1 rings (SSSR count). The van der Waals surface area contributed by atoms with Gasteiger partial charge in [-0.1, -0.05) is 23.2 Å². The molecule has 5 N–H and O–H groups in total. The molecule has 2 amide bonds. The number of hydrogen-bond donors (Lipinski definition) is 3. The lowest BCUT2D eigenvalue weighted by Gasteiger charge is -2.02. The van der Waals surface area contributed by atoms with E-state index in [1.165, 1.54) is 6.07 Å². The summed E-state index contributed by atoms with van der Waals surface area (Å²) in [6.07, 6.45) is 0. The van der Waals surface area contributed by atoms with Crippen molar-refractivity contribution in [2.24, 2.45) is 16.5 Å². The average Bonchev–Trinajstić information content (AvgIpc) is 2.10. The molecule has 7 heteroatoms. The van der Waals surface area contributed by atoms with Gasteiger partial charge in [0.15, 0.2) is 0 Å². The molecule has 80 valence electrons. The van der Waals surface area contributed by atoms with E-state index < -0.39 is 6.03 Å². The van der Waals surface area contributed by atoms with Crippen LogP contribution in [-0.2, 0) is 0 Å². The van der Waals surface area contributed by atoms with Crippen LogP contribution in [0.3, 0.4) is 0 Å². The van der Waals surface area contributed by atoms with Crippen LogP contribution in [-0.4, -0.2) is 12.0 Å². The third-order valence-corrected chi connectivity index (χ3v) is 1.96. The Balaban J connectivity index is 2.96. The molecule has 0 fully saturated rings. The van der Waals surface area contributed by atoms with Gasteiger partial charge in [-0.05, 0) is 18.2 Å². The number of guanidine groups is 1. The number of nitrogens with two attached hydrogens (primary N) is 2. The minimum Gasteiger partial charge on any atom is -0.369 e. The van der Waals surface area contributed by atoms with Gasteiger partial charge in [0, 0.05) is 5.02 Å². The van der Waals surface area contributed by atoms with E-state index in [1.54, 1.807) is 12.1 Å². The van der Waals surface area contributed by atoms with Crippen LogP contribution in [0.1, 0.15) is 0 Å². The van der Waals surface area contributed by atoms with E-state index in [0.29, 0.717) is 15.7 Å². The number of urea groups is 1. The van der Waals surface area contributed by atoms with Gasteiger partial charge in [0.25, 0.3) is 0 Å². The zero-order valence-electron chi connectivity index (χ0n) is 7.50. The number of hydrogen-bond acceptors (Lipinski definition) is 2. The maximum Gasteiger partial charge on any atom is 0.318 e. The average molecular weight is 247 g/mol. The van der Waals surface area contributed by atoms with Crippen LogP contribution < -0.4 is 16.8 Å². The topological polar surface area (TPSA) is 93.5 Å². The fourth-order valence-electron chi connectivity index (χ4n) is 0.855. The van der Waals surface area contributed by atoms with Crippen molar-refractivity contribution in [2.75, 3.05) is 0 Å². The summed E-state index contributed by atoms with van der Waals surface area (Å²) < 4.78 is 0. The van der Waals surface area contributed by atoms with Gasteiger partial charge < -0.3 is 11.5 Å². The molecule has 5 nitrogen and oxygen atoms in total. The Labute approximate surface area is 96.1 Å². The van der Waals surface area contributed by atoms with Crippen LogP contribution >= 0.6 is 23.2 Å². The molecule has 0 aliphatic carbocycles. The van der Waals surface area contributed by atoms with Gasteiger partial charge in [-0.3, -0.25) is 5.32 Å². The highest BCUT2D eigenvalue weighted by Gasteiger charge is 2.02. The third-order valence-electron chi connectivity index (χ3n) is 1.40. The van der Waals surface area contributed by atoms with Crippen molar-refractivity contribution in [3.8, 4) is 0 Å². The molecule has 0 aliphatic rings. The van der Waals surface area contributed by atoms with E-state index in [-0.39, 0.29) is 5.96 Å². The normalized spacial score (nSPS) is 11.2. The van der Waals surface area contributed by atoms with Crippen molar-refractivity contribution >= 4 is 40.9 Å². The van der Waals surface area contributed by atoms with E-state index in [9.17, 15) is 4.79 Å². The van der Waals surface area contributed by atoms with Crippen molar-refractivity contribution in [1.82, 2.24) is 5.32 Å². The van der Waals surface area contributed by atoms with E-state index in [4.69, 9.17) is 34.7 Å². The number of primary amides is 1. The predicted octanol–water partition coefficient (Wildman–Crippen LogP) is 1.61. The van der Waals surface area contributed by atoms with Crippen LogP contribution in [0.25, 0.3) is 0 Å². The number of benzene rings is 1. The van der Waals surface area contributed by atoms with Gasteiger partial charge in [0.1, 0.15) is 0 Å². The molecule has 0 aliphatic heterocycles. The highest BCUT2D eigenvalue weighted by Crippen LogP contribution is 2.27. The Hall–Kier alpha value is -1.46. The number of rotatable bonds is 1. The smallest absolute Gasteiger partial charge is 0.318 e. The second-order valence-electron chi connectivity index (χ2n) is 2.58. The molecule has 0 saturated carbocycles. The van der Waals surface area contributed by atoms with Crippen LogP contribution in [0.15, 0.2) is 23.2 Å². The van der Waals surface area contributed by atoms with Crippen LogP contribution in [0.4, 0.5) is 10.5 Å². The highest BCUT2D eigenvalue weighted by atomic mass is 35.5. The third kappa shape index (κ3) is 3.65. The van der Waals surface area contributed by atoms with E-state index >= 15 is 0 Å². The minimum absolute atomic E-state index is 0.147. The van der Waals surface area contributed by atoms with Crippen LogP contribution in [0, 0.1) is 0 Å². The quantitative estimate of drug-likeness (QED) is 0.519. The number of nitrogens with one attached hydrogen (secondary N) is 1. The summed E-state index contributed by atoms with van der Waals surface area (Å²) in [5.74, 6) is -0.147. The number of carbonyl (C=O) groups excluding carboxylic acids is 1. The lowest BCUT2D eigenvalue weighted by Crippen LogP contribution is -2.39. The molecule has 0 aromatic heterocycles. The SMILES string of the molecule is NC(=O)NC(N)=Nc1cc(Cl)ccc1Cl. The lowest BCUT2D eigenvalue weighted by atomic mass is 10.3. The van der Waals surface area contributed by atoms with Crippen molar-refractivity contribution in [3.05, 3.63) is 28.2 Å². The van der Waals surface area contributed by atoms with Gasteiger partial charge in [-0.2, -0.15) is 0 Å². The standard InChI is InChI=1S/C8H8Cl2N4O/c9-4-1-2-5(10)6(3-4)13-7(11)14-8(12)15/h1-3H,(H5,11,12,13,14,15). The molecule has 15 heavy (non-hydrogen) atoms. The van der Waals surface area contributed by atoms with Crippen molar-refractivity contribution in [2.45, 2.75) is 0 Å². The first kappa shape index (κ1) is 11.6. The van der Waals surface area contributed by atoms with Crippen LogP contribution in [0.2, 0.25) is 10.0 Å². The molecule has 0 saturated heterocycles. The predicted molar refractivity (Wildman–Crippen MR) is 60.5 cm³/mol. The summed E-state index contributed by atoms with van der Waals surface area (Å²) in [6.45, 7) is 0. The minimum atomic E-state index is -0.797. The zero-order valence-corrected chi connectivity index (χ0v) is 9.01. The summed E-state index contributed by atoms with van der Waals surface area (Å²) in [6, 6.07) is 3.90. The summed E-state index contributed by atoms with van der Waals surface area (Å²) in [5, 5.41) is 2.93. The molecule has 0 bridgehead atoms. The second-order valence-corrected chi connectivity index (χ2v) is 3.43. The number of amides is 2. The monoisotopic (exact) mass is 246 g/mol. The molecule has 1 aromatic carbocycles. The number of carbonyl (C=O) groups is 1. The van der Waals surface area contributed by atoms with E-state index in [1.807, 2.05) is 0 Å². The first-order valence-corrected chi connectivity index (χ1v) is 4.60. The Morgan fingerprint density at radius 2 is 2.00 bits per heavy atom. The summed E-state index contributed by atoms with van der Waals surface area (Å²) in [7, 11) is 0. The number of nitrogens with zero attached hydrogens (tertiary/aromatic N) is 1. The Morgan fingerprint density at radius 1 is 1.33 bits per heavy atom. The fraction of sp³-hybridized carbons (Fsp3) is 0. The Bertz CT molecular complexity index is 419. The molecular weight excluding hydrogens is 239 g/mol. The van der Waals surface area contributed by atoms with Gasteiger partial charge >= 0.3 is 6.03 Å². The molecule has 0 unspecified atom stereocenters. The van der Waals surface area contributed by atoms with E-state index in [2.05, 4.69) is 10.3 Å². The summed E-state index contributed by atoms with van der Waals surface area (Å²) in [5.41, 5.74) is 10.6. The maximum atomic E-state index is 10.4. The van der Waals surface area contributed by atoms with Crippen molar-refractivity contribution < 1.29 is 4.79 Å². The Kier molecular flexibility index (Phi) is 3.76. The van der Waals surface area contributed by atoms with Crippen molar-refractivity contribution in [1.29, 1.82) is 0 Å². The Morgan fingerprint density at radius 3 is 2.60 bits per heavy atom. The summed E-state index contributed by atoms with van der Waals surface area (Å²) >= 11 is 11.5. The highest BCUT2D eigenvalue weighted by molar-refractivity contribution is 6.35. The molecule has 0 heterocycles. The molecule has 1 aromatic rings. The molecule has 0 atom stereocenters. The number of aliphatic imine (C=N–C) groups is 1. The fourth-order valence-corrected chi connectivity index (χ4v) is 1.18. The first-order chi connectivity index (χ1) is 6.99.